The highest BCUT2D eigenvalue weighted by molar-refractivity contribution is 7.99. The van der Waals surface area contributed by atoms with Crippen molar-refractivity contribution in [2.75, 3.05) is 11.6 Å². The van der Waals surface area contributed by atoms with Crippen molar-refractivity contribution < 1.29 is 9.53 Å². The van der Waals surface area contributed by atoms with Crippen LogP contribution in [-0.4, -0.2) is 32.6 Å². The van der Waals surface area contributed by atoms with Crippen LogP contribution in [0.3, 0.4) is 0 Å². The average molecular weight is 432 g/mol. The first-order valence-corrected chi connectivity index (χ1v) is 11.6. The van der Waals surface area contributed by atoms with Gasteiger partial charge in [0, 0.05) is 6.04 Å². The number of nitrogen functional groups attached to an aromatic ring is 1. The Balaban J connectivity index is 1.49. The van der Waals surface area contributed by atoms with Crippen LogP contribution in [0, 0.1) is 5.92 Å². The Morgan fingerprint density at radius 3 is 2.60 bits per heavy atom. The predicted octanol–water partition coefficient (Wildman–Crippen LogP) is 3.66. The fraction of sp³-hybridized carbons (Fsp3) is 0.591. The fourth-order valence-electron chi connectivity index (χ4n) is 3.61. The quantitative estimate of drug-likeness (QED) is 0.513. The lowest BCUT2D eigenvalue weighted by atomic mass is 9.86. The average Bonchev–Trinajstić information content (AvgIpc) is 3.06. The van der Waals surface area contributed by atoms with E-state index in [1.807, 2.05) is 12.1 Å². The largest absolute Gasteiger partial charge is 0.486 e. The van der Waals surface area contributed by atoms with Gasteiger partial charge in [-0.2, -0.15) is 0 Å². The zero-order valence-electron chi connectivity index (χ0n) is 18.4. The van der Waals surface area contributed by atoms with Gasteiger partial charge < -0.3 is 15.9 Å². The number of nitrogens with two attached hydrogens (primary N) is 1. The first kappa shape index (κ1) is 22.5. The normalized spacial score (nSPS) is 19.5. The molecule has 1 aromatic heterocycles. The Labute approximate surface area is 183 Å². The van der Waals surface area contributed by atoms with Crippen LogP contribution < -0.4 is 15.9 Å². The SMILES string of the molecule is C[C@H]1CCCC[C@@H]1NC(=O)CSc1nnc(COc2ccc(C(C)(C)C)cc2)n1N. The molecule has 1 heterocycles. The number of nitrogens with one attached hydrogen (secondary N) is 1. The number of carbonyl (C=O) groups excluding carboxylic acids is 1. The topological polar surface area (TPSA) is 95.1 Å². The zero-order chi connectivity index (χ0) is 21.7. The third-order valence-corrected chi connectivity index (χ3v) is 6.56. The lowest BCUT2D eigenvalue weighted by Gasteiger charge is -2.29. The van der Waals surface area contributed by atoms with Gasteiger partial charge in [0.15, 0.2) is 5.82 Å². The van der Waals surface area contributed by atoms with Crippen molar-refractivity contribution in [3.63, 3.8) is 0 Å². The molecular weight excluding hydrogens is 398 g/mol. The second kappa shape index (κ2) is 9.73. The summed E-state index contributed by atoms with van der Waals surface area (Å²) in [6.07, 6.45) is 4.67. The molecule has 1 aliphatic carbocycles. The fourth-order valence-corrected chi connectivity index (χ4v) is 4.30. The molecule has 1 aliphatic rings. The lowest BCUT2D eigenvalue weighted by Crippen LogP contribution is -2.41. The van der Waals surface area contributed by atoms with Crippen LogP contribution in [-0.2, 0) is 16.8 Å². The number of hydrogen-bond donors (Lipinski definition) is 2. The monoisotopic (exact) mass is 431 g/mol. The number of thioether (sulfide) groups is 1. The summed E-state index contributed by atoms with van der Waals surface area (Å²) in [6.45, 7) is 8.94. The number of hydrogen-bond acceptors (Lipinski definition) is 6. The Hall–Kier alpha value is -2.22. The van der Waals surface area contributed by atoms with Crippen molar-refractivity contribution in [3.05, 3.63) is 35.7 Å². The molecule has 1 fully saturated rings. The van der Waals surface area contributed by atoms with Gasteiger partial charge in [-0.25, -0.2) is 4.68 Å². The molecule has 1 saturated carbocycles. The van der Waals surface area contributed by atoms with Crippen molar-refractivity contribution in [1.82, 2.24) is 20.2 Å². The van der Waals surface area contributed by atoms with E-state index in [0.717, 1.165) is 12.2 Å². The molecule has 8 heteroatoms. The van der Waals surface area contributed by atoms with E-state index in [9.17, 15) is 4.79 Å². The summed E-state index contributed by atoms with van der Waals surface area (Å²) in [5.41, 5.74) is 1.35. The molecule has 7 nitrogen and oxygen atoms in total. The van der Waals surface area contributed by atoms with Crippen LogP contribution in [0.25, 0.3) is 0 Å². The molecule has 3 N–H and O–H groups in total. The number of rotatable bonds is 7. The number of amides is 1. The standard InChI is InChI=1S/C22H33N5O2S/c1-15-7-5-6-8-18(15)24-20(28)14-30-21-26-25-19(27(21)23)13-29-17-11-9-16(10-12-17)22(2,3)4/h9-12,15,18H,5-8,13-14,23H2,1-4H3,(H,24,28)/t15-,18-/m0/s1. The van der Waals surface area contributed by atoms with Gasteiger partial charge in [-0.15, -0.1) is 10.2 Å². The summed E-state index contributed by atoms with van der Waals surface area (Å²) in [4.78, 5) is 12.3. The first-order chi connectivity index (χ1) is 14.2. The number of carbonyl (C=O) groups is 1. The van der Waals surface area contributed by atoms with Crippen LogP contribution in [0.4, 0.5) is 0 Å². The summed E-state index contributed by atoms with van der Waals surface area (Å²) < 4.78 is 7.19. The maximum absolute atomic E-state index is 12.3. The van der Waals surface area contributed by atoms with Crippen LogP contribution in [0.2, 0.25) is 0 Å². The van der Waals surface area contributed by atoms with E-state index in [0.29, 0.717) is 16.9 Å². The number of benzene rings is 1. The van der Waals surface area contributed by atoms with Crippen molar-refractivity contribution in [3.8, 4) is 5.75 Å². The third kappa shape index (κ3) is 5.90. The molecule has 0 unspecified atom stereocenters. The maximum Gasteiger partial charge on any atom is 0.230 e. The Morgan fingerprint density at radius 1 is 1.23 bits per heavy atom. The Kier molecular flexibility index (Phi) is 7.28. The molecule has 0 aliphatic heterocycles. The molecule has 3 rings (SSSR count). The van der Waals surface area contributed by atoms with Gasteiger partial charge in [0.25, 0.3) is 0 Å². The van der Waals surface area contributed by atoms with E-state index in [-0.39, 0.29) is 29.7 Å². The van der Waals surface area contributed by atoms with Crippen molar-refractivity contribution in [1.29, 1.82) is 0 Å². The summed E-state index contributed by atoms with van der Waals surface area (Å²) in [5, 5.41) is 11.9. The Bertz CT molecular complexity index is 844. The van der Waals surface area contributed by atoms with E-state index in [2.05, 4.69) is 55.3 Å². The van der Waals surface area contributed by atoms with Gasteiger partial charge >= 0.3 is 0 Å². The first-order valence-electron chi connectivity index (χ1n) is 10.6. The molecule has 0 spiro atoms. The van der Waals surface area contributed by atoms with Crippen LogP contribution in [0.5, 0.6) is 5.75 Å². The third-order valence-electron chi connectivity index (χ3n) is 5.61. The summed E-state index contributed by atoms with van der Waals surface area (Å²) in [6, 6.07) is 8.30. The van der Waals surface area contributed by atoms with Gasteiger partial charge in [0.1, 0.15) is 12.4 Å². The van der Waals surface area contributed by atoms with Crippen LogP contribution >= 0.6 is 11.8 Å². The summed E-state index contributed by atoms with van der Waals surface area (Å²) in [7, 11) is 0. The molecule has 0 bridgehead atoms. The van der Waals surface area contributed by atoms with Gasteiger partial charge in [-0.3, -0.25) is 4.79 Å². The van der Waals surface area contributed by atoms with Gasteiger partial charge in [-0.05, 0) is 41.9 Å². The van der Waals surface area contributed by atoms with Gasteiger partial charge in [0.2, 0.25) is 11.1 Å². The van der Waals surface area contributed by atoms with Crippen molar-refractivity contribution in [2.45, 2.75) is 76.6 Å². The second-order valence-electron chi connectivity index (χ2n) is 9.06. The molecule has 2 aromatic rings. The number of ether oxygens (including phenoxy) is 1. The van der Waals surface area contributed by atoms with Gasteiger partial charge in [-0.1, -0.05) is 64.4 Å². The molecule has 164 valence electrons. The van der Waals surface area contributed by atoms with Crippen molar-refractivity contribution >= 4 is 17.7 Å². The molecular formula is C22H33N5O2S. The number of nitrogens with zero attached hydrogens (tertiary/aromatic N) is 3. The van der Waals surface area contributed by atoms with E-state index >= 15 is 0 Å². The van der Waals surface area contributed by atoms with E-state index < -0.39 is 0 Å². The van der Waals surface area contributed by atoms with Crippen molar-refractivity contribution in [2.24, 2.45) is 5.92 Å². The van der Waals surface area contributed by atoms with E-state index in [1.54, 1.807) is 0 Å². The van der Waals surface area contributed by atoms with Crippen LogP contribution in [0.15, 0.2) is 29.4 Å². The highest BCUT2D eigenvalue weighted by Crippen LogP contribution is 2.25. The van der Waals surface area contributed by atoms with Crippen LogP contribution in [0.1, 0.15) is 64.8 Å². The molecule has 30 heavy (non-hydrogen) atoms. The minimum atomic E-state index is 0.0125. The van der Waals surface area contributed by atoms with E-state index in [4.69, 9.17) is 10.6 Å². The minimum Gasteiger partial charge on any atom is -0.486 e. The number of aromatic nitrogens is 3. The molecule has 0 saturated heterocycles. The zero-order valence-corrected chi connectivity index (χ0v) is 19.2. The maximum atomic E-state index is 12.3. The highest BCUT2D eigenvalue weighted by Gasteiger charge is 2.23. The molecule has 2 atom stereocenters. The molecule has 1 amide bonds. The van der Waals surface area contributed by atoms with Gasteiger partial charge in [0.05, 0.1) is 5.75 Å². The van der Waals surface area contributed by atoms with E-state index in [1.165, 1.54) is 41.3 Å². The summed E-state index contributed by atoms with van der Waals surface area (Å²) >= 11 is 1.29. The highest BCUT2D eigenvalue weighted by atomic mass is 32.2. The predicted molar refractivity (Wildman–Crippen MR) is 120 cm³/mol. The second-order valence-corrected chi connectivity index (χ2v) is 10.00. The smallest absolute Gasteiger partial charge is 0.230 e. The summed E-state index contributed by atoms with van der Waals surface area (Å²) in [5.74, 6) is 8.18. The minimum absolute atomic E-state index is 0.0125. The molecule has 1 aromatic carbocycles. The Morgan fingerprint density at radius 2 is 1.93 bits per heavy atom. The lowest BCUT2D eigenvalue weighted by molar-refractivity contribution is -0.119. The molecule has 0 radical (unpaired) electrons.